The summed E-state index contributed by atoms with van der Waals surface area (Å²) >= 11 is 0. The second kappa shape index (κ2) is 6.53. The molecule has 1 unspecified atom stereocenters. The zero-order valence-electron chi connectivity index (χ0n) is 11.2. The van der Waals surface area contributed by atoms with Crippen molar-refractivity contribution in [1.29, 1.82) is 0 Å². The molecule has 18 heavy (non-hydrogen) atoms. The number of ketones is 1. The maximum absolute atomic E-state index is 12.3. The Balaban J connectivity index is 1.93. The molecule has 1 aromatic carbocycles. The maximum Gasteiger partial charge on any atom is 0.166 e. The first-order chi connectivity index (χ1) is 8.83. The molecule has 1 aliphatic rings. The Morgan fingerprint density at radius 1 is 1.28 bits per heavy atom. The Morgan fingerprint density at radius 3 is 2.94 bits per heavy atom. The predicted octanol–water partition coefficient (Wildman–Crippen LogP) is 4.57. The van der Waals surface area contributed by atoms with Gasteiger partial charge in [0.2, 0.25) is 0 Å². The van der Waals surface area contributed by atoms with E-state index >= 15 is 0 Å². The van der Waals surface area contributed by atoms with E-state index in [0.717, 1.165) is 31.2 Å². The topological polar surface area (TPSA) is 17.1 Å². The van der Waals surface area contributed by atoms with Crippen molar-refractivity contribution >= 4 is 5.78 Å². The number of benzene rings is 1. The summed E-state index contributed by atoms with van der Waals surface area (Å²) in [5, 5.41) is 0. The number of Topliss-reactive ketones (excluding diaryl/α,β-unsaturated/α-hetero) is 1. The number of carbonyl (C=O) groups excluding carboxylic acids is 1. The van der Waals surface area contributed by atoms with Gasteiger partial charge in [0.1, 0.15) is 0 Å². The zero-order valence-corrected chi connectivity index (χ0v) is 11.2. The largest absolute Gasteiger partial charge is 0.294 e. The molecule has 0 heterocycles. The standard InChI is InChI=1S/C17H22O/c1-2-3-4-5-6-10-15-13-12-14-9-7-8-11-16(14)17(15)18/h5-9,11,15H,2-4,10,12-13H2,1H3/b6-5+. The van der Waals surface area contributed by atoms with Crippen molar-refractivity contribution in [3.8, 4) is 0 Å². The van der Waals surface area contributed by atoms with Crippen molar-refractivity contribution < 1.29 is 4.79 Å². The minimum absolute atomic E-state index is 0.206. The van der Waals surface area contributed by atoms with E-state index in [1.807, 2.05) is 18.2 Å². The summed E-state index contributed by atoms with van der Waals surface area (Å²) in [5.41, 5.74) is 2.18. The SMILES string of the molecule is CCCC/C=C/CC1CCc2ccccc2C1=O. The van der Waals surface area contributed by atoms with Gasteiger partial charge in [0.05, 0.1) is 0 Å². The van der Waals surface area contributed by atoms with Gasteiger partial charge >= 0.3 is 0 Å². The number of fused-ring (bicyclic) bond motifs is 1. The highest BCUT2D eigenvalue weighted by atomic mass is 16.1. The summed E-state index contributed by atoms with van der Waals surface area (Å²) in [6, 6.07) is 8.05. The van der Waals surface area contributed by atoms with Gasteiger partial charge in [0.15, 0.2) is 5.78 Å². The van der Waals surface area contributed by atoms with Crippen LogP contribution in [0.15, 0.2) is 36.4 Å². The molecule has 0 N–H and O–H groups in total. The molecule has 1 heteroatoms. The molecule has 1 aliphatic carbocycles. The van der Waals surface area contributed by atoms with Gasteiger partial charge in [-0.3, -0.25) is 4.79 Å². The number of hydrogen-bond acceptors (Lipinski definition) is 1. The van der Waals surface area contributed by atoms with Crippen LogP contribution >= 0.6 is 0 Å². The van der Waals surface area contributed by atoms with Crippen molar-refractivity contribution in [2.24, 2.45) is 5.92 Å². The minimum Gasteiger partial charge on any atom is -0.294 e. The molecule has 2 rings (SSSR count). The molecule has 1 atom stereocenters. The number of aryl methyl sites for hydroxylation is 1. The summed E-state index contributed by atoms with van der Waals surface area (Å²) in [6.07, 6.45) is 11.0. The number of hydrogen-bond donors (Lipinski definition) is 0. The molecule has 0 saturated carbocycles. The van der Waals surface area contributed by atoms with Gasteiger partial charge < -0.3 is 0 Å². The van der Waals surface area contributed by atoms with E-state index in [-0.39, 0.29) is 5.92 Å². The van der Waals surface area contributed by atoms with E-state index in [1.54, 1.807) is 0 Å². The second-order valence-electron chi connectivity index (χ2n) is 5.11. The average molecular weight is 242 g/mol. The van der Waals surface area contributed by atoms with Gasteiger partial charge in [-0.05, 0) is 31.2 Å². The predicted molar refractivity (Wildman–Crippen MR) is 75.9 cm³/mol. The number of unbranched alkanes of at least 4 members (excludes halogenated alkanes) is 2. The number of carbonyl (C=O) groups is 1. The fourth-order valence-electron chi connectivity index (χ4n) is 2.58. The van der Waals surface area contributed by atoms with E-state index in [9.17, 15) is 4.79 Å². The quantitative estimate of drug-likeness (QED) is 0.546. The van der Waals surface area contributed by atoms with Crippen molar-refractivity contribution in [2.75, 3.05) is 0 Å². The lowest BCUT2D eigenvalue weighted by Crippen LogP contribution is -2.21. The van der Waals surface area contributed by atoms with E-state index in [2.05, 4.69) is 25.1 Å². The first-order valence-corrected chi connectivity index (χ1v) is 7.10. The number of rotatable bonds is 5. The first-order valence-electron chi connectivity index (χ1n) is 7.10. The van der Waals surface area contributed by atoms with E-state index < -0.39 is 0 Å². The average Bonchev–Trinajstić information content (AvgIpc) is 2.41. The van der Waals surface area contributed by atoms with Gasteiger partial charge in [0, 0.05) is 11.5 Å². The first kappa shape index (κ1) is 13.1. The van der Waals surface area contributed by atoms with Crippen LogP contribution in [0.1, 0.15) is 54.9 Å². The maximum atomic E-state index is 12.3. The van der Waals surface area contributed by atoms with Crippen molar-refractivity contribution in [3.63, 3.8) is 0 Å². The third-order valence-corrected chi connectivity index (χ3v) is 3.73. The van der Waals surface area contributed by atoms with Crippen LogP contribution in [0, 0.1) is 5.92 Å². The number of allylic oxidation sites excluding steroid dienone is 2. The Hall–Kier alpha value is -1.37. The van der Waals surface area contributed by atoms with Gasteiger partial charge in [-0.15, -0.1) is 0 Å². The molecule has 0 bridgehead atoms. The third-order valence-electron chi connectivity index (χ3n) is 3.73. The van der Waals surface area contributed by atoms with Gasteiger partial charge in [0.25, 0.3) is 0 Å². The lowest BCUT2D eigenvalue weighted by atomic mass is 9.81. The molecule has 0 saturated heterocycles. The van der Waals surface area contributed by atoms with Crippen LogP contribution in [0.5, 0.6) is 0 Å². The molecule has 0 aliphatic heterocycles. The van der Waals surface area contributed by atoms with Crippen LogP contribution in [0.3, 0.4) is 0 Å². The summed E-state index contributed by atoms with van der Waals surface area (Å²) in [5.74, 6) is 0.551. The molecule has 0 radical (unpaired) electrons. The lowest BCUT2D eigenvalue weighted by molar-refractivity contribution is 0.0903. The highest BCUT2D eigenvalue weighted by Gasteiger charge is 2.25. The normalized spacial score (nSPS) is 19.2. The molecule has 0 aromatic heterocycles. The molecular formula is C17H22O. The van der Waals surface area contributed by atoms with E-state index in [0.29, 0.717) is 5.78 Å². The van der Waals surface area contributed by atoms with E-state index in [1.165, 1.54) is 18.4 Å². The summed E-state index contributed by atoms with van der Waals surface area (Å²) in [4.78, 5) is 12.3. The second-order valence-corrected chi connectivity index (χ2v) is 5.11. The summed E-state index contributed by atoms with van der Waals surface area (Å²) in [6.45, 7) is 2.20. The van der Waals surface area contributed by atoms with Gasteiger partial charge in [-0.2, -0.15) is 0 Å². The smallest absolute Gasteiger partial charge is 0.166 e. The molecule has 0 fully saturated rings. The Kier molecular flexibility index (Phi) is 4.74. The van der Waals surface area contributed by atoms with Gasteiger partial charge in [-0.25, -0.2) is 0 Å². The summed E-state index contributed by atoms with van der Waals surface area (Å²) < 4.78 is 0. The molecule has 96 valence electrons. The third kappa shape index (κ3) is 3.10. The minimum atomic E-state index is 0.206. The Morgan fingerprint density at radius 2 is 2.11 bits per heavy atom. The van der Waals surface area contributed by atoms with E-state index in [4.69, 9.17) is 0 Å². The highest BCUT2D eigenvalue weighted by Crippen LogP contribution is 2.27. The molecule has 0 amide bonds. The van der Waals surface area contributed by atoms with Crippen LogP contribution in [-0.2, 0) is 6.42 Å². The van der Waals surface area contributed by atoms with Crippen molar-refractivity contribution in [3.05, 3.63) is 47.5 Å². The fourth-order valence-corrected chi connectivity index (χ4v) is 2.58. The van der Waals surface area contributed by atoms with Crippen molar-refractivity contribution in [1.82, 2.24) is 0 Å². The molecular weight excluding hydrogens is 220 g/mol. The Bertz CT molecular complexity index is 431. The van der Waals surface area contributed by atoms with Crippen LogP contribution in [0.25, 0.3) is 0 Å². The highest BCUT2D eigenvalue weighted by molar-refractivity contribution is 6.00. The van der Waals surface area contributed by atoms with Crippen molar-refractivity contribution in [2.45, 2.75) is 45.4 Å². The lowest BCUT2D eigenvalue weighted by Gasteiger charge is -2.22. The fraction of sp³-hybridized carbons (Fsp3) is 0.471. The zero-order chi connectivity index (χ0) is 12.8. The van der Waals surface area contributed by atoms with Crippen LogP contribution in [0.2, 0.25) is 0 Å². The van der Waals surface area contributed by atoms with Crippen LogP contribution in [-0.4, -0.2) is 5.78 Å². The molecule has 1 aromatic rings. The van der Waals surface area contributed by atoms with Gasteiger partial charge in [-0.1, -0.05) is 56.2 Å². The molecule has 1 nitrogen and oxygen atoms in total. The Labute approximate surface area is 110 Å². The summed E-state index contributed by atoms with van der Waals surface area (Å²) in [7, 11) is 0. The van der Waals surface area contributed by atoms with Crippen LogP contribution < -0.4 is 0 Å². The van der Waals surface area contributed by atoms with Crippen LogP contribution in [0.4, 0.5) is 0 Å². The molecule has 0 spiro atoms. The monoisotopic (exact) mass is 242 g/mol.